The first-order valence-electron chi connectivity index (χ1n) is 7.77. The number of nitrogens with zero attached hydrogens (tertiary/aromatic N) is 2. The number of hydrogen-bond acceptors (Lipinski definition) is 3. The largest absolute Gasteiger partial charge is 0.396 e. The van der Waals surface area contributed by atoms with Crippen LogP contribution in [-0.4, -0.2) is 33.3 Å². The summed E-state index contributed by atoms with van der Waals surface area (Å²) in [6, 6.07) is 7.23. The number of carbonyl (C=O) groups is 1. The second kappa shape index (κ2) is 7.78. The Morgan fingerprint density at radius 2 is 2.17 bits per heavy atom. The second-order valence-electron chi connectivity index (χ2n) is 5.90. The molecule has 23 heavy (non-hydrogen) atoms. The van der Waals surface area contributed by atoms with Crippen LogP contribution in [0, 0.1) is 5.92 Å². The molecule has 0 aliphatic rings. The van der Waals surface area contributed by atoms with E-state index in [2.05, 4.69) is 15.6 Å². The van der Waals surface area contributed by atoms with Gasteiger partial charge in [-0.15, -0.1) is 0 Å². The van der Waals surface area contributed by atoms with Crippen LogP contribution in [0.15, 0.2) is 36.7 Å². The number of anilines is 1. The summed E-state index contributed by atoms with van der Waals surface area (Å²) in [6.45, 7) is 4.09. The molecule has 124 valence electrons. The molecule has 3 N–H and O–H groups in total. The van der Waals surface area contributed by atoms with Crippen molar-refractivity contribution in [2.24, 2.45) is 13.0 Å². The second-order valence-corrected chi connectivity index (χ2v) is 5.90. The summed E-state index contributed by atoms with van der Waals surface area (Å²) in [5, 5.41) is 14.8. The normalized spacial score (nSPS) is 12.2. The number of aliphatic hydroxyl groups excluding tert-OH is 1. The molecule has 1 unspecified atom stereocenters. The molecule has 0 radical (unpaired) electrons. The first kappa shape index (κ1) is 17.0. The van der Waals surface area contributed by atoms with Gasteiger partial charge in [0.15, 0.2) is 0 Å². The van der Waals surface area contributed by atoms with Crippen LogP contribution in [0.4, 0.5) is 10.5 Å². The molecular formula is C17H24N4O2. The number of benzene rings is 1. The van der Waals surface area contributed by atoms with Crippen LogP contribution >= 0.6 is 0 Å². The van der Waals surface area contributed by atoms with Crippen LogP contribution in [0.5, 0.6) is 0 Å². The lowest BCUT2D eigenvalue weighted by Crippen LogP contribution is -2.41. The average molecular weight is 316 g/mol. The van der Waals surface area contributed by atoms with Gasteiger partial charge in [-0.25, -0.2) is 9.78 Å². The van der Waals surface area contributed by atoms with Gasteiger partial charge in [0.2, 0.25) is 0 Å². The van der Waals surface area contributed by atoms with Gasteiger partial charge in [0.05, 0.1) is 0 Å². The third kappa shape index (κ3) is 4.56. The maximum Gasteiger partial charge on any atom is 0.319 e. The highest BCUT2D eigenvalue weighted by atomic mass is 16.3. The molecule has 2 rings (SSSR count). The molecular weight excluding hydrogens is 292 g/mol. The number of aliphatic hydroxyl groups is 1. The molecule has 1 aromatic carbocycles. The van der Waals surface area contributed by atoms with E-state index in [0.717, 1.165) is 11.4 Å². The third-order valence-corrected chi connectivity index (χ3v) is 3.76. The Hall–Kier alpha value is -2.34. The van der Waals surface area contributed by atoms with Gasteiger partial charge in [-0.05, 0) is 24.5 Å². The molecule has 2 amide bonds. The van der Waals surface area contributed by atoms with Gasteiger partial charge in [0.1, 0.15) is 5.82 Å². The minimum Gasteiger partial charge on any atom is -0.396 e. The van der Waals surface area contributed by atoms with Crippen LogP contribution in [-0.2, 0) is 7.05 Å². The fraction of sp³-hybridized carbons (Fsp3) is 0.412. The molecule has 0 aliphatic carbocycles. The fourth-order valence-corrected chi connectivity index (χ4v) is 2.43. The Balaban J connectivity index is 2.05. The molecule has 0 saturated carbocycles. The summed E-state index contributed by atoms with van der Waals surface area (Å²) in [5.41, 5.74) is 1.64. The molecule has 1 atom stereocenters. The standard InChI is InChI=1S/C17H24N4O2/c1-12(2)15(7-10-22)20-17(23)19-14-6-4-5-13(11-14)16-18-8-9-21(16)3/h4-6,8-9,11-12,15,22H,7,10H2,1-3H3,(H2,19,20,23). The van der Waals surface area contributed by atoms with E-state index in [1.807, 2.05) is 55.9 Å². The van der Waals surface area contributed by atoms with Gasteiger partial charge in [-0.3, -0.25) is 0 Å². The number of urea groups is 1. The maximum absolute atomic E-state index is 12.1. The van der Waals surface area contributed by atoms with Gasteiger partial charge >= 0.3 is 6.03 Å². The molecule has 0 saturated heterocycles. The summed E-state index contributed by atoms with van der Waals surface area (Å²) in [7, 11) is 1.93. The first-order chi connectivity index (χ1) is 11.0. The van der Waals surface area contributed by atoms with Gasteiger partial charge in [0.25, 0.3) is 0 Å². The molecule has 6 heteroatoms. The topological polar surface area (TPSA) is 79.2 Å². The van der Waals surface area contributed by atoms with Crippen molar-refractivity contribution in [3.05, 3.63) is 36.7 Å². The lowest BCUT2D eigenvalue weighted by atomic mass is 10.0. The van der Waals surface area contributed by atoms with Crippen molar-refractivity contribution in [2.45, 2.75) is 26.3 Å². The fourth-order valence-electron chi connectivity index (χ4n) is 2.43. The monoisotopic (exact) mass is 316 g/mol. The van der Waals surface area contributed by atoms with E-state index in [9.17, 15) is 4.79 Å². The number of hydrogen-bond donors (Lipinski definition) is 3. The van der Waals surface area contributed by atoms with E-state index in [0.29, 0.717) is 12.1 Å². The zero-order chi connectivity index (χ0) is 16.8. The molecule has 0 aliphatic heterocycles. The number of imidazole rings is 1. The number of amides is 2. The molecule has 2 aromatic rings. The van der Waals surface area contributed by atoms with Crippen molar-refractivity contribution >= 4 is 11.7 Å². The Morgan fingerprint density at radius 1 is 1.39 bits per heavy atom. The van der Waals surface area contributed by atoms with Crippen molar-refractivity contribution in [1.82, 2.24) is 14.9 Å². The predicted molar refractivity (Wildman–Crippen MR) is 91.1 cm³/mol. The molecule has 0 bridgehead atoms. The van der Waals surface area contributed by atoms with Crippen molar-refractivity contribution < 1.29 is 9.90 Å². The Morgan fingerprint density at radius 3 is 2.78 bits per heavy atom. The Labute approximate surface area is 136 Å². The van der Waals surface area contributed by atoms with Crippen molar-refractivity contribution in [3.8, 4) is 11.4 Å². The number of nitrogens with one attached hydrogen (secondary N) is 2. The SMILES string of the molecule is CC(C)C(CCO)NC(=O)Nc1cccc(-c2nccn2C)c1. The smallest absolute Gasteiger partial charge is 0.319 e. The van der Waals surface area contributed by atoms with Crippen LogP contribution < -0.4 is 10.6 Å². The summed E-state index contributed by atoms with van der Waals surface area (Å²) in [6.07, 6.45) is 4.16. The van der Waals surface area contributed by atoms with Crippen LogP contribution in [0.1, 0.15) is 20.3 Å². The van der Waals surface area contributed by atoms with Crippen molar-refractivity contribution in [3.63, 3.8) is 0 Å². The van der Waals surface area contributed by atoms with Gasteiger partial charge in [0, 0.05) is 43.3 Å². The van der Waals surface area contributed by atoms with Crippen molar-refractivity contribution in [2.75, 3.05) is 11.9 Å². The Kier molecular flexibility index (Phi) is 5.76. The molecule has 0 fully saturated rings. The minimum absolute atomic E-state index is 0.0533. The Bertz CT molecular complexity index is 652. The van der Waals surface area contributed by atoms with E-state index in [1.165, 1.54) is 0 Å². The summed E-state index contributed by atoms with van der Waals surface area (Å²) < 4.78 is 1.93. The molecule has 1 aromatic heterocycles. The van der Waals surface area contributed by atoms with E-state index in [1.54, 1.807) is 6.20 Å². The molecule has 6 nitrogen and oxygen atoms in total. The van der Waals surface area contributed by atoms with Crippen LogP contribution in [0.25, 0.3) is 11.4 Å². The highest BCUT2D eigenvalue weighted by Gasteiger charge is 2.15. The van der Waals surface area contributed by atoms with Crippen LogP contribution in [0.3, 0.4) is 0 Å². The van der Waals surface area contributed by atoms with Gasteiger partial charge in [-0.1, -0.05) is 26.0 Å². The minimum atomic E-state index is -0.269. The zero-order valence-electron chi connectivity index (χ0n) is 13.8. The number of rotatable bonds is 6. The lowest BCUT2D eigenvalue weighted by molar-refractivity contribution is 0.227. The van der Waals surface area contributed by atoms with Gasteiger partial charge < -0.3 is 20.3 Å². The van der Waals surface area contributed by atoms with E-state index in [-0.39, 0.29) is 24.6 Å². The third-order valence-electron chi connectivity index (χ3n) is 3.76. The average Bonchev–Trinajstić information content (AvgIpc) is 2.93. The van der Waals surface area contributed by atoms with E-state index < -0.39 is 0 Å². The summed E-state index contributed by atoms with van der Waals surface area (Å²) in [4.78, 5) is 16.5. The van der Waals surface area contributed by atoms with E-state index in [4.69, 9.17) is 5.11 Å². The predicted octanol–water partition coefficient (Wildman–Crippen LogP) is 2.62. The lowest BCUT2D eigenvalue weighted by Gasteiger charge is -2.21. The maximum atomic E-state index is 12.1. The quantitative estimate of drug-likeness (QED) is 0.766. The first-order valence-corrected chi connectivity index (χ1v) is 7.77. The zero-order valence-corrected chi connectivity index (χ0v) is 13.8. The number of aromatic nitrogens is 2. The highest BCUT2D eigenvalue weighted by molar-refractivity contribution is 5.90. The van der Waals surface area contributed by atoms with Crippen LogP contribution in [0.2, 0.25) is 0 Å². The molecule has 1 heterocycles. The summed E-state index contributed by atoms with van der Waals surface area (Å²) >= 11 is 0. The molecule has 0 spiro atoms. The highest BCUT2D eigenvalue weighted by Crippen LogP contribution is 2.20. The number of aryl methyl sites for hydroxylation is 1. The summed E-state index contributed by atoms with van der Waals surface area (Å²) in [5.74, 6) is 1.10. The van der Waals surface area contributed by atoms with Crippen molar-refractivity contribution in [1.29, 1.82) is 0 Å². The van der Waals surface area contributed by atoms with Gasteiger partial charge in [-0.2, -0.15) is 0 Å². The number of carbonyl (C=O) groups excluding carboxylic acids is 1. The van der Waals surface area contributed by atoms with E-state index >= 15 is 0 Å².